The summed E-state index contributed by atoms with van der Waals surface area (Å²) in [4.78, 5) is 23.8. The Hall–Kier alpha value is -5.07. The van der Waals surface area contributed by atoms with Crippen LogP contribution in [-0.4, -0.2) is 122 Å². The molecule has 8 rings (SSSR count). The quantitative estimate of drug-likeness (QED) is 0.236. The molecule has 1 spiro atoms. The zero-order valence-corrected chi connectivity index (χ0v) is 31.2. The second kappa shape index (κ2) is 15.0. The van der Waals surface area contributed by atoms with Gasteiger partial charge in [0.1, 0.15) is 22.5 Å². The van der Waals surface area contributed by atoms with Gasteiger partial charge in [-0.2, -0.15) is 8.61 Å². The van der Waals surface area contributed by atoms with Crippen molar-refractivity contribution in [2.24, 2.45) is 0 Å². The van der Waals surface area contributed by atoms with Crippen LogP contribution in [0.5, 0.6) is 11.5 Å². The van der Waals surface area contributed by atoms with Crippen molar-refractivity contribution in [3.8, 4) is 11.5 Å². The molecule has 3 aromatic carbocycles. The minimum absolute atomic E-state index is 0.0160. The Morgan fingerprint density at radius 1 is 0.704 bits per heavy atom. The van der Waals surface area contributed by atoms with Crippen LogP contribution in [0.3, 0.4) is 0 Å². The van der Waals surface area contributed by atoms with Gasteiger partial charge in [0.2, 0.25) is 20.0 Å². The number of aromatic hydroxyl groups is 2. The first kappa shape index (κ1) is 37.3. The Morgan fingerprint density at radius 3 is 1.74 bits per heavy atom. The summed E-state index contributed by atoms with van der Waals surface area (Å²) >= 11 is 0. The van der Waals surface area contributed by atoms with E-state index in [9.17, 15) is 31.8 Å². The molecule has 1 amide bonds. The number of phenols is 2. The topological polar surface area (TPSA) is 186 Å². The maximum Gasteiger partial charge on any atom is 0.409 e. The Labute approximate surface area is 313 Å². The van der Waals surface area contributed by atoms with Crippen molar-refractivity contribution in [2.75, 3.05) is 64.5 Å². The lowest BCUT2D eigenvalue weighted by atomic mass is 9.87. The lowest BCUT2D eigenvalue weighted by Crippen LogP contribution is -2.55. The van der Waals surface area contributed by atoms with E-state index in [1.54, 1.807) is 34.8 Å². The van der Waals surface area contributed by atoms with E-state index < -0.39 is 26.1 Å². The summed E-state index contributed by atoms with van der Waals surface area (Å²) in [5, 5.41) is 24.2. The summed E-state index contributed by atoms with van der Waals surface area (Å²) in [5.74, 6) is -0.0854. The number of carbonyl (C=O) groups is 1. The highest BCUT2D eigenvalue weighted by Gasteiger charge is 2.45. The molecule has 0 atom stereocenters. The number of benzene rings is 3. The van der Waals surface area contributed by atoms with Gasteiger partial charge in [0.25, 0.3) is 0 Å². The zero-order chi connectivity index (χ0) is 38.1. The number of fused-ring (bicyclic) bond motifs is 2. The predicted molar refractivity (Wildman–Crippen MR) is 202 cm³/mol. The number of rotatable bonds is 5. The van der Waals surface area contributed by atoms with Gasteiger partial charge in [0.05, 0.1) is 29.1 Å². The maximum atomic E-state index is 13.5. The highest BCUT2D eigenvalue weighted by Crippen LogP contribution is 2.38. The van der Waals surface area contributed by atoms with Crippen molar-refractivity contribution in [3.63, 3.8) is 0 Å². The number of pyridine rings is 2. The van der Waals surface area contributed by atoms with E-state index in [4.69, 9.17) is 0 Å². The van der Waals surface area contributed by atoms with Crippen molar-refractivity contribution in [1.82, 2.24) is 28.8 Å². The molecule has 0 radical (unpaired) electrons. The Morgan fingerprint density at radius 2 is 1.22 bits per heavy atom. The number of nitrogens with one attached hydrogen (secondary N) is 1. The number of sulfonamides is 2. The summed E-state index contributed by atoms with van der Waals surface area (Å²) in [6, 6.07) is 22.5. The molecule has 5 heterocycles. The number of amides is 1. The van der Waals surface area contributed by atoms with Gasteiger partial charge in [-0.25, -0.2) is 21.6 Å². The third-order valence-electron chi connectivity index (χ3n) is 10.3. The van der Waals surface area contributed by atoms with Crippen LogP contribution in [0.25, 0.3) is 21.8 Å². The minimum Gasteiger partial charge on any atom is -0.506 e. The normalized spacial score (nSPS) is 18.1. The van der Waals surface area contributed by atoms with Crippen LogP contribution in [0.15, 0.2) is 101 Å². The van der Waals surface area contributed by atoms with Gasteiger partial charge in [0, 0.05) is 74.7 Å². The fraction of sp³-hybridized carbons (Fsp3) is 0.324. The lowest BCUT2D eigenvalue weighted by molar-refractivity contribution is 0.108. The molecule has 0 unspecified atom stereocenters. The number of nitrogens with zero attached hydrogens (tertiary/aromatic N) is 6. The molecule has 15 nitrogen and oxygen atoms in total. The second-order valence-electron chi connectivity index (χ2n) is 13.3. The molecule has 0 bridgehead atoms. The number of phenolic OH excluding ortho intramolecular Hbond substituents is 2. The van der Waals surface area contributed by atoms with Gasteiger partial charge in [-0.05, 0) is 73.5 Å². The molecule has 3 aliphatic rings. The van der Waals surface area contributed by atoms with Gasteiger partial charge >= 0.3 is 6.09 Å². The summed E-state index contributed by atoms with van der Waals surface area (Å²) < 4.78 is 60.3. The van der Waals surface area contributed by atoms with Gasteiger partial charge in [-0.1, -0.05) is 18.2 Å². The fourth-order valence-corrected chi connectivity index (χ4v) is 10.7. The van der Waals surface area contributed by atoms with Crippen LogP contribution >= 0.6 is 0 Å². The number of anilines is 1. The third-order valence-corrected chi connectivity index (χ3v) is 14.3. The van der Waals surface area contributed by atoms with E-state index >= 15 is 0 Å². The molecule has 0 aliphatic carbocycles. The maximum absolute atomic E-state index is 13.5. The number of hydrogen-bond acceptors (Lipinski definition) is 12. The first-order chi connectivity index (χ1) is 26.0. The van der Waals surface area contributed by atoms with Crippen LogP contribution in [0.1, 0.15) is 12.8 Å². The SMILES string of the molecule is COC(=O)N1CCN(S(=O)(=O)c2ccc(O)c3ncccc23)CC1.O=S(=O)(c1ccc(O)c2ncccc12)N1CCC2(CC1)CNCN2c1ccccc1. The van der Waals surface area contributed by atoms with Crippen LogP contribution in [-0.2, 0) is 24.8 Å². The van der Waals surface area contributed by atoms with Crippen molar-refractivity contribution >= 4 is 53.6 Å². The van der Waals surface area contributed by atoms with E-state index in [0.29, 0.717) is 29.4 Å². The summed E-state index contributed by atoms with van der Waals surface area (Å²) in [7, 11) is -6.16. The van der Waals surface area contributed by atoms with Gasteiger partial charge < -0.3 is 24.7 Å². The second-order valence-corrected chi connectivity index (χ2v) is 17.1. The summed E-state index contributed by atoms with van der Waals surface area (Å²) in [6.07, 6.45) is 4.08. The highest BCUT2D eigenvalue weighted by molar-refractivity contribution is 7.89. The van der Waals surface area contributed by atoms with Crippen molar-refractivity contribution in [3.05, 3.63) is 91.3 Å². The van der Waals surface area contributed by atoms with E-state index in [0.717, 1.165) is 31.7 Å². The molecule has 3 N–H and O–H groups in total. The Balaban J connectivity index is 0.000000171. The molecule has 54 heavy (non-hydrogen) atoms. The van der Waals surface area contributed by atoms with Gasteiger partial charge in [-0.15, -0.1) is 0 Å². The number of hydrogen-bond donors (Lipinski definition) is 3. The smallest absolute Gasteiger partial charge is 0.409 e. The highest BCUT2D eigenvalue weighted by atomic mass is 32.2. The largest absolute Gasteiger partial charge is 0.506 e. The number of carbonyl (C=O) groups excluding carboxylic acids is 1. The number of para-hydroxylation sites is 1. The summed E-state index contributed by atoms with van der Waals surface area (Å²) in [6.45, 7) is 3.42. The molecule has 17 heteroatoms. The van der Waals surface area contributed by atoms with E-state index in [1.165, 1.54) is 46.8 Å². The van der Waals surface area contributed by atoms with E-state index in [2.05, 4.69) is 37.1 Å². The predicted octanol–water partition coefficient (Wildman–Crippen LogP) is 3.54. The number of piperazine rings is 1. The van der Waals surface area contributed by atoms with E-state index in [1.807, 2.05) is 18.2 Å². The molecule has 3 saturated heterocycles. The molecule has 3 fully saturated rings. The monoisotopic (exact) mass is 775 g/mol. The molecule has 0 saturated carbocycles. The number of piperidine rings is 1. The van der Waals surface area contributed by atoms with Crippen molar-refractivity contribution in [1.29, 1.82) is 0 Å². The van der Waals surface area contributed by atoms with Crippen LogP contribution in [0, 0.1) is 0 Å². The number of aromatic nitrogens is 2. The van der Waals surface area contributed by atoms with Crippen molar-refractivity contribution in [2.45, 2.75) is 28.2 Å². The van der Waals surface area contributed by atoms with Crippen molar-refractivity contribution < 1.29 is 36.6 Å². The first-order valence-electron chi connectivity index (χ1n) is 17.5. The molecule has 284 valence electrons. The van der Waals surface area contributed by atoms with Gasteiger partial charge in [0.15, 0.2) is 0 Å². The zero-order valence-electron chi connectivity index (χ0n) is 29.6. The number of ether oxygens (including phenoxy) is 1. The molecular formula is C37H41N7O8S2. The third kappa shape index (κ3) is 6.88. The molecule has 5 aromatic rings. The van der Waals surface area contributed by atoms with Gasteiger partial charge in [-0.3, -0.25) is 15.3 Å². The first-order valence-corrected chi connectivity index (χ1v) is 20.3. The standard InChI is InChI=1S/C22H24N4O3S.C15H17N3O5S/c27-19-8-9-20(18-7-4-12-24-21(18)19)30(28,29)25-13-10-22(11-14-25)15-23-16-26(22)17-5-2-1-3-6-17;1-23-15(20)17-7-9-18(10-8-17)24(21,22)13-5-4-12(19)14-11(13)3-2-6-16-14/h1-9,12,23,27H,10-11,13-16H2;2-6,19H,7-10H2,1H3. The van der Waals surface area contributed by atoms with Crippen LogP contribution in [0.2, 0.25) is 0 Å². The fourth-order valence-electron chi connectivity index (χ4n) is 7.46. The Kier molecular flexibility index (Phi) is 10.3. The lowest BCUT2D eigenvalue weighted by Gasteiger charge is -2.44. The van der Waals surface area contributed by atoms with Crippen LogP contribution < -0.4 is 10.2 Å². The average molecular weight is 776 g/mol. The molecular weight excluding hydrogens is 735 g/mol. The number of methoxy groups -OCH3 is 1. The summed E-state index contributed by atoms with van der Waals surface area (Å²) in [5.41, 5.74) is 1.63. The van der Waals surface area contributed by atoms with E-state index in [-0.39, 0.29) is 58.5 Å². The van der Waals surface area contributed by atoms with Crippen LogP contribution in [0.4, 0.5) is 10.5 Å². The molecule has 3 aliphatic heterocycles. The molecule has 2 aromatic heterocycles. The average Bonchev–Trinajstić information content (AvgIpc) is 3.61. The Bertz CT molecular complexity index is 2380. The minimum atomic E-state index is -3.76.